The Morgan fingerprint density at radius 2 is 1.96 bits per heavy atom. The summed E-state index contributed by atoms with van der Waals surface area (Å²) in [6.07, 6.45) is 1.73. The number of hydrogen-bond donors (Lipinski definition) is 3. The molecule has 2 atom stereocenters. The molecule has 2 unspecified atom stereocenters. The van der Waals surface area contributed by atoms with Gasteiger partial charge in [0.15, 0.2) is 0 Å². The first-order valence-corrected chi connectivity index (χ1v) is 8.71. The fraction of sp³-hybridized carbons (Fsp3) is 0.278. The SMILES string of the molecule is O=c1[nH]c2nc(NC3C4CNCC43)ncc2cc1-c1ccccc1Cl. The standard InChI is InChI=1S/C18H16ClN5O/c19-14-4-2-1-3-10(14)11-5-9-6-21-18(24-16(9)23-17(11)25)22-15-12-7-20-8-13(12)15/h1-6,12-13,15,20H,7-8H2,(H2,21,22,23,24,25). The lowest BCUT2D eigenvalue weighted by Crippen LogP contribution is -2.22. The number of aromatic nitrogens is 3. The second kappa shape index (κ2) is 5.54. The van der Waals surface area contributed by atoms with E-state index in [4.69, 9.17) is 11.6 Å². The first kappa shape index (κ1) is 14.9. The predicted molar refractivity (Wildman–Crippen MR) is 97.9 cm³/mol. The third kappa shape index (κ3) is 2.49. The number of hydrogen-bond acceptors (Lipinski definition) is 5. The van der Waals surface area contributed by atoms with Crippen LogP contribution in [0.4, 0.5) is 5.95 Å². The van der Waals surface area contributed by atoms with E-state index in [2.05, 4.69) is 25.6 Å². The van der Waals surface area contributed by atoms with Gasteiger partial charge in [0, 0.05) is 46.9 Å². The first-order valence-electron chi connectivity index (χ1n) is 8.33. The van der Waals surface area contributed by atoms with E-state index in [0.29, 0.717) is 45.6 Å². The van der Waals surface area contributed by atoms with Gasteiger partial charge in [-0.15, -0.1) is 0 Å². The Labute approximate surface area is 148 Å². The number of rotatable bonds is 3. The summed E-state index contributed by atoms with van der Waals surface area (Å²) in [5, 5.41) is 8.06. The van der Waals surface area contributed by atoms with Crippen LogP contribution < -0.4 is 16.2 Å². The highest BCUT2D eigenvalue weighted by Gasteiger charge is 2.53. The van der Waals surface area contributed by atoms with Crippen LogP contribution >= 0.6 is 11.6 Å². The normalized spacial score (nSPS) is 24.3. The Bertz CT molecular complexity index is 1020. The van der Waals surface area contributed by atoms with Gasteiger partial charge in [-0.3, -0.25) is 4.79 Å². The molecule has 1 aromatic carbocycles. The lowest BCUT2D eigenvalue weighted by Gasteiger charge is -2.09. The Morgan fingerprint density at radius 3 is 2.76 bits per heavy atom. The zero-order valence-electron chi connectivity index (χ0n) is 13.3. The molecule has 0 amide bonds. The highest BCUT2D eigenvalue weighted by Crippen LogP contribution is 2.43. The van der Waals surface area contributed by atoms with Crippen molar-refractivity contribution < 1.29 is 0 Å². The van der Waals surface area contributed by atoms with E-state index in [9.17, 15) is 4.79 Å². The van der Waals surface area contributed by atoms with Gasteiger partial charge in [-0.05, 0) is 24.0 Å². The van der Waals surface area contributed by atoms with E-state index < -0.39 is 0 Å². The molecule has 0 radical (unpaired) electrons. The van der Waals surface area contributed by atoms with Gasteiger partial charge >= 0.3 is 0 Å². The third-order valence-corrected chi connectivity index (χ3v) is 5.47. The van der Waals surface area contributed by atoms with Gasteiger partial charge in [0.1, 0.15) is 5.65 Å². The molecular weight excluding hydrogens is 338 g/mol. The number of aromatic amines is 1. The van der Waals surface area contributed by atoms with Gasteiger partial charge in [-0.1, -0.05) is 29.8 Å². The van der Waals surface area contributed by atoms with Gasteiger partial charge in [0.25, 0.3) is 5.56 Å². The topological polar surface area (TPSA) is 82.7 Å². The van der Waals surface area contributed by atoms with Gasteiger partial charge in [0.2, 0.25) is 5.95 Å². The summed E-state index contributed by atoms with van der Waals surface area (Å²) in [4.78, 5) is 24.2. The molecule has 0 spiro atoms. The van der Waals surface area contributed by atoms with E-state index in [0.717, 1.165) is 18.5 Å². The predicted octanol–water partition coefficient (Wildman–Crippen LogP) is 2.27. The van der Waals surface area contributed by atoms with E-state index in [-0.39, 0.29) is 5.56 Å². The Kier molecular flexibility index (Phi) is 3.29. The molecule has 2 aromatic heterocycles. The van der Waals surface area contributed by atoms with Crippen molar-refractivity contribution in [3.8, 4) is 11.1 Å². The Morgan fingerprint density at radius 1 is 1.16 bits per heavy atom. The van der Waals surface area contributed by atoms with Crippen LogP contribution in [0.1, 0.15) is 0 Å². The molecule has 2 aliphatic rings. The van der Waals surface area contributed by atoms with Crippen molar-refractivity contribution in [3.05, 3.63) is 51.9 Å². The lowest BCUT2D eigenvalue weighted by molar-refractivity contribution is 0.694. The summed E-state index contributed by atoms with van der Waals surface area (Å²) in [5.74, 6) is 1.90. The van der Waals surface area contributed by atoms with Crippen molar-refractivity contribution in [1.29, 1.82) is 0 Å². The van der Waals surface area contributed by atoms with E-state index in [1.807, 2.05) is 18.2 Å². The molecule has 5 rings (SSSR count). The van der Waals surface area contributed by atoms with Crippen LogP contribution in [-0.2, 0) is 0 Å². The van der Waals surface area contributed by atoms with Gasteiger partial charge in [-0.2, -0.15) is 4.98 Å². The summed E-state index contributed by atoms with van der Waals surface area (Å²) >= 11 is 6.22. The fourth-order valence-electron chi connectivity index (χ4n) is 3.72. The first-order chi connectivity index (χ1) is 12.2. The summed E-state index contributed by atoms with van der Waals surface area (Å²) in [5.41, 5.74) is 1.54. The van der Waals surface area contributed by atoms with Gasteiger partial charge in [0.05, 0.1) is 0 Å². The largest absolute Gasteiger partial charge is 0.351 e. The molecule has 1 saturated heterocycles. The number of piperidine rings is 1. The van der Waals surface area contributed by atoms with Crippen LogP contribution in [0.25, 0.3) is 22.2 Å². The average Bonchev–Trinajstić information content (AvgIpc) is 3.03. The zero-order valence-corrected chi connectivity index (χ0v) is 14.0. The van der Waals surface area contributed by atoms with Gasteiger partial charge < -0.3 is 15.6 Å². The minimum absolute atomic E-state index is 0.210. The third-order valence-electron chi connectivity index (χ3n) is 5.14. The number of pyridine rings is 1. The van der Waals surface area contributed by atoms with Crippen molar-refractivity contribution in [1.82, 2.24) is 20.3 Å². The number of anilines is 1. The fourth-order valence-corrected chi connectivity index (χ4v) is 3.96. The van der Waals surface area contributed by atoms with Crippen LogP contribution in [0.2, 0.25) is 5.02 Å². The van der Waals surface area contributed by atoms with E-state index in [1.54, 1.807) is 18.3 Å². The summed E-state index contributed by atoms with van der Waals surface area (Å²) in [6, 6.07) is 9.52. The minimum atomic E-state index is -0.210. The van der Waals surface area contributed by atoms with Crippen molar-refractivity contribution in [2.24, 2.45) is 11.8 Å². The van der Waals surface area contributed by atoms with E-state index in [1.165, 1.54) is 0 Å². The van der Waals surface area contributed by atoms with Crippen molar-refractivity contribution in [3.63, 3.8) is 0 Å². The lowest BCUT2D eigenvalue weighted by atomic mass is 10.1. The van der Waals surface area contributed by atoms with Crippen molar-refractivity contribution in [2.45, 2.75) is 6.04 Å². The highest BCUT2D eigenvalue weighted by molar-refractivity contribution is 6.33. The number of nitrogens with one attached hydrogen (secondary N) is 3. The molecular formula is C18H16ClN5O. The van der Waals surface area contributed by atoms with Crippen LogP contribution in [0.15, 0.2) is 41.3 Å². The smallest absolute Gasteiger partial charge is 0.257 e. The monoisotopic (exact) mass is 353 g/mol. The molecule has 25 heavy (non-hydrogen) atoms. The molecule has 1 aliphatic carbocycles. The molecule has 3 N–H and O–H groups in total. The number of fused-ring (bicyclic) bond motifs is 2. The molecule has 1 aliphatic heterocycles. The minimum Gasteiger partial charge on any atom is -0.351 e. The van der Waals surface area contributed by atoms with E-state index >= 15 is 0 Å². The van der Waals surface area contributed by atoms with Gasteiger partial charge in [-0.25, -0.2) is 4.98 Å². The molecule has 6 nitrogen and oxygen atoms in total. The van der Waals surface area contributed by atoms with Crippen molar-refractivity contribution >= 4 is 28.6 Å². The summed E-state index contributed by atoms with van der Waals surface area (Å²) in [7, 11) is 0. The molecule has 126 valence electrons. The van der Waals surface area contributed by atoms with Crippen LogP contribution in [-0.4, -0.2) is 34.1 Å². The number of benzene rings is 1. The Hall–Kier alpha value is -2.44. The maximum atomic E-state index is 12.5. The number of nitrogens with zero attached hydrogens (tertiary/aromatic N) is 2. The number of H-pyrrole nitrogens is 1. The van der Waals surface area contributed by atoms with Crippen LogP contribution in [0, 0.1) is 11.8 Å². The molecule has 3 heterocycles. The maximum Gasteiger partial charge on any atom is 0.257 e. The zero-order chi connectivity index (χ0) is 17.0. The molecule has 1 saturated carbocycles. The second-order valence-corrected chi connectivity index (χ2v) is 7.05. The van der Waals surface area contributed by atoms with Crippen molar-refractivity contribution in [2.75, 3.05) is 18.4 Å². The summed E-state index contributed by atoms with van der Waals surface area (Å²) in [6.45, 7) is 2.10. The summed E-state index contributed by atoms with van der Waals surface area (Å²) < 4.78 is 0. The average molecular weight is 354 g/mol. The van der Waals surface area contributed by atoms with Crippen LogP contribution in [0.3, 0.4) is 0 Å². The number of halogens is 1. The second-order valence-electron chi connectivity index (χ2n) is 6.65. The quantitative estimate of drug-likeness (QED) is 0.673. The molecule has 3 aromatic rings. The highest BCUT2D eigenvalue weighted by atomic mass is 35.5. The van der Waals surface area contributed by atoms with Crippen LogP contribution in [0.5, 0.6) is 0 Å². The molecule has 7 heteroatoms. The Balaban J connectivity index is 1.50. The molecule has 0 bridgehead atoms. The molecule has 2 fully saturated rings. The maximum absolute atomic E-state index is 12.5.